The Balaban J connectivity index is 2.12. The summed E-state index contributed by atoms with van der Waals surface area (Å²) in [6.07, 6.45) is 0. The molecule has 1 N–H and O–H groups in total. The number of piperazine rings is 1. The number of halogens is 1. The lowest BCUT2D eigenvalue weighted by Crippen LogP contribution is -2.49. The molecule has 0 saturated carbocycles. The summed E-state index contributed by atoms with van der Waals surface area (Å²) in [7, 11) is -0.977. The molecule has 1 amide bonds. The SMILES string of the molecule is CN(CC(=O)N1CCNCC1)S(=O)(=O)c1c(Br)nnn1C. The molecule has 118 valence electrons. The zero-order valence-electron chi connectivity index (χ0n) is 11.8. The van der Waals surface area contributed by atoms with Gasteiger partial charge in [0.05, 0.1) is 6.54 Å². The second kappa shape index (κ2) is 6.38. The minimum Gasteiger partial charge on any atom is -0.339 e. The van der Waals surface area contributed by atoms with Gasteiger partial charge >= 0.3 is 0 Å². The van der Waals surface area contributed by atoms with Crippen molar-refractivity contribution in [2.45, 2.75) is 5.03 Å². The maximum absolute atomic E-state index is 12.5. The smallest absolute Gasteiger partial charge is 0.263 e. The van der Waals surface area contributed by atoms with Gasteiger partial charge in [-0.2, -0.15) is 4.31 Å². The molecule has 21 heavy (non-hydrogen) atoms. The van der Waals surface area contributed by atoms with Crippen LogP contribution in [0.3, 0.4) is 0 Å². The number of sulfonamides is 1. The monoisotopic (exact) mass is 380 g/mol. The van der Waals surface area contributed by atoms with E-state index in [0.717, 1.165) is 22.1 Å². The highest BCUT2D eigenvalue weighted by molar-refractivity contribution is 9.10. The normalized spacial score (nSPS) is 16.5. The van der Waals surface area contributed by atoms with Crippen molar-refractivity contribution in [2.24, 2.45) is 7.05 Å². The third kappa shape index (κ3) is 3.42. The van der Waals surface area contributed by atoms with E-state index in [1.54, 1.807) is 4.90 Å². The van der Waals surface area contributed by atoms with Crippen LogP contribution in [0.15, 0.2) is 9.63 Å². The molecule has 2 heterocycles. The number of hydrogen-bond donors (Lipinski definition) is 1. The lowest BCUT2D eigenvalue weighted by molar-refractivity contribution is -0.131. The largest absolute Gasteiger partial charge is 0.339 e. The van der Waals surface area contributed by atoms with Crippen LogP contribution >= 0.6 is 15.9 Å². The Morgan fingerprint density at radius 2 is 2.05 bits per heavy atom. The summed E-state index contributed by atoms with van der Waals surface area (Å²) in [5.41, 5.74) is 0. The lowest BCUT2D eigenvalue weighted by atomic mass is 10.3. The molecule has 0 radical (unpaired) electrons. The molecule has 1 aliphatic heterocycles. The Bertz CT molecular complexity index is 605. The number of nitrogens with zero attached hydrogens (tertiary/aromatic N) is 5. The fourth-order valence-electron chi connectivity index (χ4n) is 2.03. The van der Waals surface area contributed by atoms with E-state index < -0.39 is 10.0 Å². The van der Waals surface area contributed by atoms with Gasteiger partial charge in [-0.25, -0.2) is 13.1 Å². The first-order valence-electron chi connectivity index (χ1n) is 6.34. The van der Waals surface area contributed by atoms with Crippen molar-refractivity contribution in [2.75, 3.05) is 39.8 Å². The van der Waals surface area contributed by atoms with Crippen LogP contribution in [0, 0.1) is 0 Å². The van der Waals surface area contributed by atoms with Crippen LogP contribution in [0.1, 0.15) is 0 Å². The average Bonchev–Trinajstić information content (AvgIpc) is 2.79. The molecule has 1 fully saturated rings. The van der Waals surface area contributed by atoms with Crippen molar-refractivity contribution < 1.29 is 13.2 Å². The van der Waals surface area contributed by atoms with Crippen molar-refractivity contribution in [1.82, 2.24) is 29.5 Å². The third-order valence-electron chi connectivity index (χ3n) is 3.22. The average molecular weight is 381 g/mol. The fraction of sp³-hybridized carbons (Fsp3) is 0.700. The van der Waals surface area contributed by atoms with E-state index in [4.69, 9.17) is 0 Å². The highest BCUT2D eigenvalue weighted by Crippen LogP contribution is 2.21. The minimum absolute atomic E-state index is 0.0712. The van der Waals surface area contributed by atoms with Gasteiger partial charge in [0.2, 0.25) is 10.9 Å². The molecule has 0 bridgehead atoms. The molecule has 1 aliphatic rings. The number of hydrogen-bond acceptors (Lipinski definition) is 6. The number of carbonyl (C=O) groups is 1. The Morgan fingerprint density at radius 3 is 2.57 bits per heavy atom. The molecule has 0 spiro atoms. The molecule has 1 saturated heterocycles. The van der Waals surface area contributed by atoms with E-state index in [0.29, 0.717) is 13.1 Å². The third-order valence-corrected chi connectivity index (χ3v) is 5.91. The number of aromatic nitrogens is 3. The molecule has 1 aromatic rings. The second-order valence-corrected chi connectivity index (χ2v) is 7.41. The summed E-state index contributed by atoms with van der Waals surface area (Å²) < 4.78 is 27.2. The summed E-state index contributed by atoms with van der Waals surface area (Å²) in [6, 6.07) is 0. The molecule has 11 heteroatoms. The Labute approximate surface area is 131 Å². The van der Waals surface area contributed by atoms with Gasteiger partial charge in [0.15, 0.2) is 4.60 Å². The first-order chi connectivity index (χ1) is 9.84. The van der Waals surface area contributed by atoms with Crippen LogP contribution in [-0.4, -0.2) is 78.3 Å². The number of aryl methyl sites for hydroxylation is 1. The number of rotatable bonds is 4. The molecular weight excluding hydrogens is 364 g/mol. The van der Waals surface area contributed by atoms with Crippen LogP contribution in [0.2, 0.25) is 0 Å². The van der Waals surface area contributed by atoms with Crippen LogP contribution < -0.4 is 5.32 Å². The summed E-state index contributed by atoms with van der Waals surface area (Å²) in [4.78, 5) is 13.8. The van der Waals surface area contributed by atoms with Gasteiger partial charge in [0.1, 0.15) is 0 Å². The van der Waals surface area contributed by atoms with E-state index in [1.807, 2.05) is 0 Å². The zero-order chi connectivity index (χ0) is 15.6. The zero-order valence-corrected chi connectivity index (χ0v) is 14.2. The van der Waals surface area contributed by atoms with Gasteiger partial charge in [0, 0.05) is 40.3 Å². The van der Waals surface area contributed by atoms with Crippen molar-refractivity contribution in [1.29, 1.82) is 0 Å². The lowest BCUT2D eigenvalue weighted by Gasteiger charge is -2.29. The van der Waals surface area contributed by atoms with Crippen molar-refractivity contribution in [3.05, 3.63) is 4.60 Å². The first-order valence-corrected chi connectivity index (χ1v) is 8.57. The van der Waals surface area contributed by atoms with Crippen molar-refractivity contribution in [3.8, 4) is 0 Å². The van der Waals surface area contributed by atoms with Gasteiger partial charge in [-0.05, 0) is 15.9 Å². The molecule has 0 aliphatic carbocycles. The Morgan fingerprint density at radius 1 is 1.43 bits per heavy atom. The van der Waals surface area contributed by atoms with Crippen LogP contribution in [0.5, 0.6) is 0 Å². The Kier molecular flexibility index (Phi) is 4.96. The predicted octanol–water partition coefficient (Wildman–Crippen LogP) is -1.37. The summed E-state index contributed by atoms with van der Waals surface area (Å²) in [5.74, 6) is -0.214. The maximum atomic E-state index is 12.5. The quantitative estimate of drug-likeness (QED) is 0.691. The van der Waals surface area contributed by atoms with E-state index >= 15 is 0 Å². The molecular formula is C10H17BrN6O3S. The van der Waals surface area contributed by atoms with E-state index in [2.05, 4.69) is 31.6 Å². The van der Waals surface area contributed by atoms with Gasteiger partial charge in [0.25, 0.3) is 10.0 Å². The van der Waals surface area contributed by atoms with Gasteiger partial charge in [-0.1, -0.05) is 5.21 Å². The summed E-state index contributed by atoms with van der Waals surface area (Å²) >= 11 is 3.06. The van der Waals surface area contributed by atoms with E-state index in [9.17, 15) is 13.2 Å². The topological polar surface area (TPSA) is 100 Å². The summed E-state index contributed by atoms with van der Waals surface area (Å²) in [5, 5.41) is 10.4. The molecule has 9 nitrogen and oxygen atoms in total. The minimum atomic E-state index is -3.83. The van der Waals surface area contributed by atoms with Crippen LogP contribution in [0.4, 0.5) is 0 Å². The van der Waals surface area contributed by atoms with Crippen molar-refractivity contribution >= 4 is 31.9 Å². The molecule has 0 unspecified atom stereocenters. The number of likely N-dealkylation sites (N-methyl/N-ethyl adjacent to an activating group) is 1. The van der Waals surface area contributed by atoms with Gasteiger partial charge in [-0.15, -0.1) is 5.10 Å². The van der Waals surface area contributed by atoms with E-state index in [1.165, 1.54) is 14.1 Å². The van der Waals surface area contributed by atoms with Crippen LogP contribution in [-0.2, 0) is 21.9 Å². The number of amides is 1. The summed E-state index contributed by atoms with van der Waals surface area (Å²) in [6.45, 7) is 2.41. The van der Waals surface area contributed by atoms with Crippen LogP contribution in [0.25, 0.3) is 0 Å². The molecule has 1 aromatic heterocycles. The molecule has 2 rings (SSSR count). The Hall–Kier alpha value is -1.04. The predicted molar refractivity (Wildman–Crippen MR) is 78.0 cm³/mol. The van der Waals surface area contributed by atoms with Gasteiger partial charge < -0.3 is 10.2 Å². The maximum Gasteiger partial charge on any atom is 0.263 e. The highest BCUT2D eigenvalue weighted by Gasteiger charge is 2.31. The van der Waals surface area contributed by atoms with E-state index in [-0.39, 0.29) is 22.1 Å². The fourth-order valence-corrected chi connectivity index (χ4v) is 4.17. The number of carbonyl (C=O) groups excluding carboxylic acids is 1. The molecule has 0 atom stereocenters. The molecule has 0 aromatic carbocycles. The second-order valence-electron chi connectivity index (χ2n) is 4.70. The van der Waals surface area contributed by atoms with Gasteiger partial charge in [-0.3, -0.25) is 4.79 Å². The highest BCUT2D eigenvalue weighted by atomic mass is 79.9. The first kappa shape index (κ1) is 16.3. The number of nitrogens with one attached hydrogen (secondary N) is 1. The standard InChI is InChI=1S/C10H17BrN6O3S/c1-15(7-8(18)17-5-3-12-4-6-17)21(19,20)10-9(11)13-14-16(10)2/h12H,3-7H2,1-2H3. The van der Waals surface area contributed by atoms with Crippen molar-refractivity contribution in [3.63, 3.8) is 0 Å².